The second kappa shape index (κ2) is 11.8. The number of anilines is 3. The average Bonchev–Trinajstić information content (AvgIpc) is 3.27. The molecule has 6 aromatic carbocycles. The number of benzene rings is 6. The van der Waals surface area contributed by atoms with Gasteiger partial charge in [-0.25, -0.2) is 0 Å². The molecule has 48 heavy (non-hydrogen) atoms. The zero-order valence-electron chi connectivity index (χ0n) is 26.4. The molecular weight excluding hydrogens is 581 g/mol. The minimum Gasteiger partial charge on any atom is -0.310 e. The van der Waals surface area contributed by atoms with Gasteiger partial charge < -0.3 is 9.47 Å². The number of para-hydroxylation sites is 2. The summed E-state index contributed by atoms with van der Waals surface area (Å²) in [5.41, 5.74) is 10.4. The van der Waals surface area contributed by atoms with Crippen molar-refractivity contribution in [2.24, 2.45) is 0 Å². The van der Waals surface area contributed by atoms with Gasteiger partial charge in [0.25, 0.3) is 0 Å². The van der Waals surface area contributed by atoms with Gasteiger partial charge in [0.15, 0.2) is 0 Å². The lowest BCUT2D eigenvalue weighted by Crippen LogP contribution is -2.30. The largest absolute Gasteiger partial charge is 0.310 e. The Labute approximate surface area is 280 Å². The lowest BCUT2D eigenvalue weighted by atomic mass is 10.0. The van der Waals surface area contributed by atoms with Crippen molar-refractivity contribution in [2.45, 2.75) is 0 Å². The number of nitrogens with zero attached hydrogens (tertiary/aromatic N) is 2. The third kappa shape index (κ3) is 4.83. The quantitative estimate of drug-likeness (QED) is 0.188. The molecule has 0 unspecified atom stereocenters. The molecule has 0 N–H and O–H groups in total. The van der Waals surface area contributed by atoms with Crippen molar-refractivity contribution < 1.29 is 0 Å². The summed E-state index contributed by atoms with van der Waals surface area (Å²) >= 11 is 0. The third-order valence-electron chi connectivity index (χ3n) is 9.29. The molecule has 0 atom stereocenters. The van der Waals surface area contributed by atoms with Crippen molar-refractivity contribution in [3.8, 4) is 16.8 Å². The molecule has 1 aromatic heterocycles. The van der Waals surface area contributed by atoms with Gasteiger partial charge in [-0.2, -0.15) is 0 Å². The molecule has 0 fully saturated rings. The molecule has 2 heteroatoms. The van der Waals surface area contributed by atoms with E-state index in [1.807, 2.05) is 0 Å². The smallest absolute Gasteiger partial charge is 0.0547 e. The van der Waals surface area contributed by atoms with Gasteiger partial charge in [0, 0.05) is 33.4 Å². The van der Waals surface area contributed by atoms with E-state index in [2.05, 4.69) is 204 Å². The van der Waals surface area contributed by atoms with Crippen molar-refractivity contribution >= 4 is 50.4 Å². The maximum Gasteiger partial charge on any atom is 0.0547 e. The highest BCUT2D eigenvalue weighted by Crippen LogP contribution is 2.36. The molecule has 9 rings (SSSR count). The summed E-state index contributed by atoms with van der Waals surface area (Å²) in [6.07, 6.45) is 17.6. The Morgan fingerprint density at radius 1 is 0.500 bits per heavy atom. The molecule has 2 aliphatic rings. The van der Waals surface area contributed by atoms with Crippen molar-refractivity contribution in [1.82, 2.24) is 4.57 Å². The Morgan fingerprint density at radius 2 is 1.17 bits per heavy atom. The molecule has 0 radical (unpaired) electrons. The lowest BCUT2D eigenvalue weighted by Gasteiger charge is -2.26. The summed E-state index contributed by atoms with van der Waals surface area (Å²) in [4.78, 5) is 2.32. The van der Waals surface area contributed by atoms with Crippen molar-refractivity contribution in [3.05, 3.63) is 204 Å². The number of hydrogen-bond acceptors (Lipinski definition) is 1. The van der Waals surface area contributed by atoms with Crippen LogP contribution in [-0.4, -0.2) is 4.57 Å². The fourth-order valence-electron chi connectivity index (χ4n) is 7.17. The zero-order valence-corrected chi connectivity index (χ0v) is 26.4. The van der Waals surface area contributed by atoms with E-state index < -0.39 is 0 Å². The van der Waals surface area contributed by atoms with Crippen molar-refractivity contribution in [1.29, 1.82) is 0 Å². The number of rotatable bonds is 5. The van der Waals surface area contributed by atoms with E-state index in [0.29, 0.717) is 0 Å². The number of allylic oxidation sites excluding steroid dienone is 8. The zero-order chi connectivity index (χ0) is 31.9. The third-order valence-corrected chi connectivity index (χ3v) is 9.29. The van der Waals surface area contributed by atoms with E-state index >= 15 is 0 Å². The van der Waals surface area contributed by atoms with Gasteiger partial charge in [-0.05, 0) is 99.8 Å². The molecule has 0 amide bonds. The normalized spacial score (nSPS) is 13.4. The Balaban J connectivity index is 1.26. The van der Waals surface area contributed by atoms with Crippen LogP contribution in [0.1, 0.15) is 0 Å². The first-order chi connectivity index (χ1) is 23.8. The molecule has 2 bridgehead atoms. The highest BCUT2D eigenvalue weighted by Gasteiger charge is 2.17. The molecule has 7 aromatic rings. The summed E-state index contributed by atoms with van der Waals surface area (Å²) in [7, 11) is 0. The van der Waals surface area contributed by atoms with Crippen LogP contribution in [0.2, 0.25) is 0 Å². The van der Waals surface area contributed by atoms with E-state index in [-0.39, 0.29) is 0 Å². The molecule has 2 aliphatic carbocycles. The van der Waals surface area contributed by atoms with Gasteiger partial charge >= 0.3 is 0 Å². The van der Waals surface area contributed by atoms with Crippen LogP contribution < -0.4 is 15.5 Å². The fraction of sp³-hybridized carbons (Fsp3) is 0. The minimum absolute atomic E-state index is 1.12. The van der Waals surface area contributed by atoms with E-state index in [9.17, 15) is 0 Å². The highest BCUT2D eigenvalue weighted by atomic mass is 15.1. The Bertz CT molecular complexity index is 2560. The van der Waals surface area contributed by atoms with Gasteiger partial charge in [-0.3, -0.25) is 0 Å². The summed E-state index contributed by atoms with van der Waals surface area (Å²) in [6.45, 7) is 0. The summed E-state index contributed by atoms with van der Waals surface area (Å²) in [5.74, 6) is 0. The standard InChI is InChI=1S/C46H32N2/c1-3-20-38(21-4-1)47(39-22-5-2-6-23-39)40-24-12-18-35(31-40)36-19-13-25-41(32-36)48-43-27-11-15-33-14-7-8-17-37(30-33)45(43)46-42-26-10-9-16-34(42)28-29-44(46)48/h1-32H. The average molecular weight is 613 g/mol. The van der Waals surface area contributed by atoms with Gasteiger partial charge in [0.1, 0.15) is 0 Å². The second-order valence-corrected chi connectivity index (χ2v) is 12.2. The van der Waals surface area contributed by atoms with Gasteiger partial charge in [-0.1, -0.05) is 127 Å². The molecule has 0 saturated heterocycles. The first-order valence-electron chi connectivity index (χ1n) is 16.4. The summed E-state index contributed by atoms with van der Waals surface area (Å²) < 4.78 is 2.44. The maximum absolute atomic E-state index is 2.44. The van der Waals surface area contributed by atoms with Crippen molar-refractivity contribution in [3.63, 3.8) is 0 Å². The predicted octanol–water partition coefficient (Wildman–Crippen LogP) is 10.5. The second-order valence-electron chi connectivity index (χ2n) is 12.2. The Hall–Kier alpha value is -6.38. The van der Waals surface area contributed by atoms with E-state index in [4.69, 9.17) is 0 Å². The Kier molecular flexibility index (Phi) is 6.84. The SMILES string of the molecule is C1=CC2=CC(=c3c(n(-c4cccc(-c5cccc(N(c6ccccc6)c6ccccc6)c5)c4)c4ccc5ccccc5c34)=CC=C2)C=C1. The topological polar surface area (TPSA) is 8.17 Å². The molecular formula is C46H32N2. The van der Waals surface area contributed by atoms with Gasteiger partial charge in [0.05, 0.1) is 10.9 Å². The maximum atomic E-state index is 2.44. The first-order valence-corrected chi connectivity index (χ1v) is 16.4. The fourth-order valence-corrected chi connectivity index (χ4v) is 7.17. The van der Waals surface area contributed by atoms with Crippen LogP contribution in [0.25, 0.3) is 50.1 Å². The number of hydrogen-bond donors (Lipinski definition) is 0. The summed E-state index contributed by atoms with van der Waals surface area (Å²) in [5, 5.41) is 6.23. The van der Waals surface area contributed by atoms with Crippen molar-refractivity contribution in [2.75, 3.05) is 4.90 Å². The van der Waals surface area contributed by atoms with Crippen LogP contribution in [0.3, 0.4) is 0 Å². The molecule has 1 heterocycles. The van der Waals surface area contributed by atoms with E-state index in [0.717, 1.165) is 22.7 Å². The van der Waals surface area contributed by atoms with Crippen LogP contribution in [0.5, 0.6) is 0 Å². The molecule has 2 nitrogen and oxygen atoms in total. The first kappa shape index (κ1) is 27.9. The van der Waals surface area contributed by atoms with E-state index in [1.54, 1.807) is 0 Å². The van der Waals surface area contributed by atoms with Crippen LogP contribution in [0, 0.1) is 0 Å². The molecule has 0 saturated carbocycles. The number of fused-ring (bicyclic) bond motifs is 6. The van der Waals surface area contributed by atoms with Crippen LogP contribution in [0.15, 0.2) is 194 Å². The van der Waals surface area contributed by atoms with Gasteiger partial charge in [-0.15, -0.1) is 0 Å². The van der Waals surface area contributed by atoms with Crippen LogP contribution in [-0.2, 0) is 0 Å². The summed E-state index contributed by atoms with van der Waals surface area (Å²) in [6, 6.07) is 52.3. The van der Waals surface area contributed by atoms with Gasteiger partial charge in [0.2, 0.25) is 0 Å². The van der Waals surface area contributed by atoms with Crippen LogP contribution >= 0.6 is 0 Å². The minimum atomic E-state index is 1.12. The highest BCUT2D eigenvalue weighted by molar-refractivity contribution is 6.09. The molecule has 226 valence electrons. The molecule has 0 spiro atoms. The Morgan fingerprint density at radius 3 is 1.98 bits per heavy atom. The molecule has 0 aliphatic heterocycles. The predicted molar refractivity (Wildman–Crippen MR) is 204 cm³/mol. The monoisotopic (exact) mass is 612 g/mol. The van der Waals surface area contributed by atoms with Crippen LogP contribution in [0.4, 0.5) is 17.1 Å². The van der Waals surface area contributed by atoms with E-state index in [1.165, 1.54) is 54.5 Å². The lowest BCUT2D eigenvalue weighted by molar-refractivity contribution is 1.07. The number of aromatic nitrogens is 1.